The van der Waals surface area contributed by atoms with Crippen LogP contribution in [0.2, 0.25) is 0 Å². The minimum absolute atomic E-state index is 0. The molecular formula is C17H33IN4OS. The van der Waals surface area contributed by atoms with Gasteiger partial charge in [0, 0.05) is 44.1 Å². The third-order valence-electron chi connectivity index (χ3n) is 3.63. The molecule has 1 aromatic heterocycles. The second-order valence-electron chi connectivity index (χ2n) is 5.92. The first kappa shape index (κ1) is 23.6. The average Bonchev–Trinajstić information content (AvgIpc) is 3.06. The zero-order valence-electron chi connectivity index (χ0n) is 15.5. The molecule has 1 heterocycles. The molecular weight excluding hydrogens is 435 g/mol. The van der Waals surface area contributed by atoms with Gasteiger partial charge >= 0.3 is 0 Å². The number of halogens is 1. The van der Waals surface area contributed by atoms with Gasteiger partial charge in [-0.1, -0.05) is 13.0 Å². The van der Waals surface area contributed by atoms with E-state index in [1.54, 1.807) is 18.4 Å². The normalized spacial score (nSPS) is 14.2. The van der Waals surface area contributed by atoms with Crippen molar-refractivity contribution in [3.8, 4) is 0 Å². The first-order valence-electron chi connectivity index (χ1n) is 8.31. The van der Waals surface area contributed by atoms with E-state index in [2.05, 4.69) is 59.1 Å². The van der Waals surface area contributed by atoms with E-state index in [1.807, 2.05) is 6.92 Å². The van der Waals surface area contributed by atoms with Gasteiger partial charge < -0.3 is 20.3 Å². The van der Waals surface area contributed by atoms with Gasteiger partial charge in [0.05, 0.1) is 6.10 Å². The lowest BCUT2D eigenvalue weighted by atomic mass is 10.1. The van der Waals surface area contributed by atoms with Gasteiger partial charge in [0.15, 0.2) is 5.96 Å². The molecule has 1 aromatic rings. The highest BCUT2D eigenvalue weighted by molar-refractivity contribution is 14.0. The van der Waals surface area contributed by atoms with Crippen LogP contribution >= 0.6 is 35.3 Å². The SMILES string of the molecule is CCOC(CCN(C)C)CNC(=NC)NCC(C)c1cccs1.I. The molecule has 0 saturated heterocycles. The lowest BCUT2D eigenvalue weighted by Gasteiger charge is -2.21. The highest BCUT2D eigenvalue weighted by Crippen LogP contribution is 2.19. The maximum atomic E-state index is 5.80. The van der Waals surface area contributed by atoms with E-state index in [4.69, 9.17) is 4.74 Å². The van der Waals surface area contributed by atoms with Crippen LogP contribution in [0.5, 0.6) is 0 Å². The van der Waals surface area contributed by atoms with Crippen LogP contribution in [0.25, 0.3) is 0 Å². The quantitative estimate of drug-likeness (QED) is 0.315. The Labute approximate surface area is 168 Å². The van der Waals surface area contributed by atoms with Crippen molar-refractivity contribution in [3.63, 3.8) is 0 Å². The Bertz CT molecular complexity index is 440. The summed E-state index contributed by atoms with van der Waals surface area (Å²) in [7, 11) is 5.98. The summed E-state index contributed by atoms with van der Waals surface area (Å²) in [5.74, 6) is 1.31. The Morgan fingerprint density at radius 2 is 2.04 bits per heavy atom. The van der Waals surface area contributed by atoms with Crippen molar-refractivity contribution in [2.24, 2.45) is 4.99 Å². The summed E-state index contributed by atoms with van der Waals surface area (Å²) in [5.41, 5.74) is 0. The fraction of sp³-hybridized carbons (Fsp3) is 0.706. The molecule has 0 aliphatic rings. The van der Waals surface area contributed by atoms with Crippen molar-refractivity contribution in [1.29, 1.82) is 0 Å². The molecule has 0 radical (unpaired) electrons. The largest absolute Gasteiger partial charge is 0.377 e. The molecule has 0 aliphatic carbocycles. The summed E-state index contributed by atoms with van der Waals surface area (Å²) in [6.45, 7) is 7.67. The van der Waals surface area contributed by atoms with Gasteiger partial charge in [-0.25, -0.2) is 0 Å². The van der Waals surface area contributed by atoms with Crippen LogP contribution in [0.15, 0.2) is 22.5 Å². The summed E-state index contributed by atoms with van der Waals surface area (Å²) in [6, 6.07) is 4.28. The molecule has 0 spiro atoms. The third kappa shape index (κ3) is 9.80. The zero-order chi connectivity index (χ0) is 17.1. The number of nitrogens with zero attached hydrogens (tertiary/aromatic N) is 2. The second kappa shape index (κ2) is 13.9. The highest BCUT2D eigenvalue weighted by Gasteiger charge is 2.11. The van der Waals surface area contributed by atoms with Gasteiger partial charge in [-0.2, -0.15) is 0 Å². The van der Waals surface area contributed by atoms with Crippen molar-refractivity contribution in [2.45, 2.75) is 32.3 Å². The molecule has 2 atom stereocenters. The van der Waals surface area contributed by atoms with E-state index in [0.717, 1.165) is 38.6 Å². The highest BCUT2D eigenvalue weighted by atomic mass is 127. The molecule has 7 heteroatoms. The van der Waals surface area contributed by atoms with Crippen LogP contribution in [0.4, 0.5) is 0 Å². The zero-order valence-corrected chi connectivity index (χ0v) is 18.7. The molecule has 24 heavy (non-hydrogen) atoms. The fourth-order valence-electron chi connectivity index (χ4n) is 2.24. The maximum absolute atomic E-state index is 5.80. The van der Waals surface area contributed by atoms with Gasteiger partial charge in [-0.05, 0) is 38.9 Å². The van der Waals surface area contributed by atoms with Crippen LogP contribution in [-0.4, -0.2) is 64.3 Å². The van der Waals surface area contributed by atoms with Crippen LogP contribution in [0.1, 0.15) is 31.1 Å². The summed E-state index contributed by atoms with van der Waals surface area (Å²) in [4.78, 5) is 7.88. The van der Waals surface area contributed by atoms with Gasteiger partial charge in [-0.3, -0.25) is 4.99 Å². The molecule has 0 aliphatic heterocycles. The van der Waals surface area contributed by atoms with E-state index in [0.29, 0.717) is 5.92 Å². The number of thiophene rings is 1. The second-order valence-corrected chi connectivity index (χ2v) is 6.90. The number of nitrogens with one attached hydrogen (secondary N) is 2. The number of aliphatic imine (C=N–C) groups is 1. The average molecular weight is 468 g/mol. The summed E-state index contributed by atoms with van der Waals surface area (Å²) < 4.78 is 5.80. The first-order chi connectivity index (χ1) is 11.1. The molecule has 0 aromatic carbocycles. The minimum atomic E-state index is 0. The molecule has 0 bridgehead atoms. The Balaban J connectivity index is 0.00000529. The van der Waals surface area contributed by atoms with Crippen LogP contribution < -0.4 is 10.6 Å². The monoisotopic (exact) mass is 468 g/mol. The smallest absolute Gasteiger partial charge is 0.191 e. The predicted molar refractivity (Wildman–Crippen MR) is 116 cm³/mol. The number of guanidine groups is 1. The number of hydrogen-bond donors (Lipinski definition) is 2. The van der Waals surface area contributed by atoms with E-state index < -0.39 is 0 Å². The van der Waals surface area contributed by atoms with Crippen molar-refractivity contribution in [3.05, 3.63) is 22.4 Å². The first-order valence-corrected chi connectivity index (χ1v) is 9.19. The van der Waals surface area contributed by atoms with Crippen molar-refractivity contribution in [2.75, 3.05) is 47.4 Å². The molecule has 1 rings (SSSR count). The topological polar surface area (TPSA) is 48.9 Å². The number of ether oxygens (including phenoxy) is 1. The number of hydrogen-bond acceptors (Lipinski definition) is 4. The fourth-order valence-corrected chi connectivity index (χ4v) is 3.02. The maximum Gasteiger partial charge on any atom is 0.191 e. The molecule has 2 unspecified atom stereocenters. The van der Waals surface area contributed by atoms with Gasteiger partial charge in [0.1, 0.15) is 0 Å². The predicted octanol–water partition coefficient (Wildman–Crippen LogP) is 2.99. The third-order valence-corrected chi connectivity index (χ3v) is 4.73. The lowest BCUT2D eigenvalue weighted by molar-refractivity contribution is 0.0548. The van der Waals surface area contributed by atoms with Gasteiger partial charge in [-0.15, -0.1) is 35.3 Å². The van der Waals surface area contributed by atoms with Gasteiger partial charge in [0.2, 0.25) is 0 Å². The van der Waals surface area contributed by atoms with E-state index >= 15 is 0 Å². The van der Waals surface area contributed by atoms with Crippen molar-refractivity contribution in [1.82, 2.24) is 15.5 Å². The van der Waals surface area contributed by atoms with Crippen LogP contribution in [0.3, 0.4) is 0 Å². The van der Waals surface area contributed by atoms with E-state index in [1.165, 1.54) is 4.88 Å². The van der Waals surface area contributed by atoms with Crippen molar-refractivity contribution < 1.29 is 4.74 Å². The molecule has 0 fully saturated rings. The van der Waals surface area contributed by atoms with E-state index in [9.17, 15) is 0 Å². The Morgan fingerprint density at radius 1 is 1.33 bits per heavy atom. The number of rotatable bonds is 10. The molecule has 5 nitrogen and oxygen atoms in total. The van der Waals surface area contributed by atoms with E-state index in [-0.39, 0.29) is 30.1 Å². The summed E-state index contributed by atoms with van der Waals surface area (Å²) >= 11 is 1.80. The Hall–Kier alpha value is -0.380. The molecule has 0 saturated carbocycles. The standard InChI is InChI=1S/C17H32N4OS.HI/c1-6-22-15(9-10-21(4)5)13-20-17(18-3)19-12-14(2)16-8-7-11-23-16;/h7-8,11,14-15H,6,9-10,12-13H2,1-5H3,(H2,18,19,20);1H. The summed E-state index contributed by atoms with van der Waals surface area (Å²) in [6.07, 6.45) is 1.21. The lowest BCUT2D eigenvalue weighted by Crippen LogP contribution is -2.43. The minimum Gasteiger partial charge on any atom is -0.377 e. The van der Waals surface area contributed by atoms with Crippen LogP contribution in [-0.2, 0) is 4.74 Å². The van der Waals surface area contributed by atoms with Crippen LogP contribution in [0, 0.1) is 0 Å². The Morgan fingerprint density at radius 3 is 2.58 bits per heavy atom. The van der Waals surface area contributed by atoms with Gasteiger partial charge in [0.25, 0.3) is 0 Å². The molecule has 0 amide bonds. The Kier molecular flexibility index (Phi) is 13.6. The summed E-state index contributed by atoms with van der Waals surface area (Å²) in [5, 5.41) is 8.90. The molecule has 140 valence electrons. The molecule has 2 N–H and O–H groups in total. The van der Waals surface area contributed by atoms with Crippen molar-refractivity contribution >= 4 is 41.3 Å².